The summed E-state index contributed by atoms with van der Waals surface area (Å²) in [5, 5.41) is 2.38. The Bertz CT molecular complexity index is 943. The number of H-pyrrole nitrogens is 2. The number of fused-ring (bicyclic) bond motifs is 2. The molecule has 0 aliphatic rings. The zero-order valence-electron chi connectivity index (χ0n) is 10.7. The highest BCUT2D eigenvalue weighted by Gasteiger charge is 2.09. The third-order valence-electron chi connectivity index (χ3n) is 3.54. The molecule has 2 N–H and O–H groups in total. The van der Waals surface area contributed by atoms with Gasteiger partial charge in [0, 0.05) is 35.2 Å². The number of rotatable bonds is 1. The normalized spacial score (nSPS) is 11.6. The quantitative estimate of drug-likeness (QED) is 0.315. The molecule has 0 fully saturated rings. The van der Waals surface area contributed by atoms with Crippen molar-refractivity contribution in [1.29, 1.82) is 0 Å². The van der Waals surface area contributed by atoms with E-state index in [-0.39, 0.29) is 0 Å². The van der Waals surface area contributed by atoms with Crippen molar-refractivity contribution in [3.05, 3.63) is 55.9 Å². The first-order valence-corrected chi connectivity index (χ1v) is 8.74. The maximum Gasteiger partial charge on any atom is 0.0630 e. The number of halogens is 3. The van der Waals surface area contributed by atoms with Crippen molar-refractivity contribution < 1.29 is 0 Å². The molecule has 0 aliphatic heterocycles. The molecule has 4 aromatic rings. The van der Waals surface area contributed by atoms with Crippen molar-refractivity contribution in [3.63, 3.8) is 0 Å². The second-order valence-electron chi connectivity index (χ2n) is 4.95. The van der Waals surface area contributed by atoms with Crippen LogP contribution in [0.3, 0.4) is 0 Å². The Balaban J connectivity index is 1.91. The van der Waals surface area contributed by atoms with Crippen LogP contribution < -0.4 is 0 Å². The minimum Gasteiger partial charge on any atom is -0.353 e. The molecule has 2 aromatic heterocycles. The summed E-state index contributed by atoms with van der Waals surface area (Å²) in [6, 6.07) is 14.8. The third-order valence-corrected chi connectivity index (χ3v) is 5.87. The highest BCUT2D eigenvalue weighted by molar-refractivity contribution is 9.13. The number of aromatic amines is 2. The van der Waals surface area contributed by atoms with Gasteiger partial charge in [0.2, 0.25) is 0 Å². The van der Waals surface area contributed by atoms with Crippen molar-refractivity contribution in [1.82, 2.24) is 9.97 Å². The second-order valence-corrected chi connectivity index (χ2v) is 7.58. The summed E-state index contributed by atoms with van der Waals surface area (Å²) in [5.41, 5.74) is 4.41. The van der Waals surface area contributed by atoms with Gasteiger partial charge in [0.15, 0.2) is 0 Å². The average Bonchev–Trinajstić information content (AvgIpc) is 3.02. The fraction of sp³-hybridized carbons (Fsp3) is 0. The second kappa shape index (κ2) is 5.00. The van der Waals surface area contributed by atoms with Crippen LogP contribution in [0.5, 0.6) is 0 Å². The third kappa shape index (κ3) is 2.37. The highest BCUT2D eigenvalue weighted by atomic mass is 79.9. The average molecular weight is 469 g/mol. The molecular formula is C16H9Br3N2. The molecule has 2 aromatic carbocycles. The summed E-state index contributed by atoms with van der Waals surface area (Å²) in [5.74, 6) is 0. The van der Waals surface area contributed by atoms with Gasteiger partial charge in [-0.25, -0.2) is 0 Å². The first-order valence-electron chi connectivity index (χ1n) is 6.36. The Hall–Kier alpha value is -1.04. The van der Waals surface area contributed by atoms with E-state index in [0.717, 1.165) is 35.8 Å². The van der Waals surface area contributed by atoms with Crippen LogP contribution >= 0.6 is 47.8 Å². The Morgan fingerprint density at radius 1 is 0.619 bits per heavy atom. The topological polar surface area (TPSA) is 31.6 Å². The Labute approximate surface area is 146 Å². The van der Waals surface area contributed by atoms with Crippen LogP contribution in [0.2, 0.25) is 0 Å². The van der Waals surface area contributed by atoms with E-state index in [4.69, 9.17) is 0 Å². The van der Waals surface area contributed by atoms with E-state index in [0.29, 0.717) is 0 Å². The Morgan fingerprint density at radius 3 is 2.00 bits per heavy atom. The van der Waals surface area contributed by atoms with Gasteiger partial charge >= 0.3 is 0 Å². The minimum atomic E-state index is 1.05. The van der Waals surface area contributed by atoms with Gasteiger partial charge < -0.3 is 9.97 Å². The van der Waals surface area contributed by atoms with Gasteiger partial charge in [-0.1, -0.05) is 22.0 Å². The maximum atomic E-state index is 3.54. The van der Waals surface area contributed by atoms with Crippen molar-refractivity contribution >= 4 is 69.6 Å². The van der Waals surface area contributed by atoms with Crippen molar-refractivity contribution in [2.24, 2.45) is 0 Å². The van der Waals surface area contributed by atoms with Gasteiger partial charge in [0.1, 0.15) is 0 Å². The van der Waals surface area contributed by atoms with Gasteiger partial charge in [0.25, 0.3) is 0 Å². The summed E-state index contributed by atoms with van der Waals surface area (Å²) in [4.78, 5) is 6.92. The predicted octanol–water partition coefficient (Wildman–Crippen LogP) is 6.60. The van der Waals surface area contributed by atoms with E-state index >= 15 is 0 Å². The zero-order chi connectivity index (χ0) is 14.6. The summed E-state index contributed by atoms with van der Waals surface area (Å²) in [6.07, 6.45) is 0. The smallest absolute Gasteiger partial charge is 0.0630 e. The molecule has 0 unspecified atom stereocenters. The molecule has 0 radical (unpaired) electrons. The van der Waals surface area contributed by atoms with E-state index in [1.54, 1.807) is 0 Å². The van der Waals surface area contributed by atoms with Crippen molar-refractivity contribution in [3.8, 4) is 11.4 Å². The summed E-state index contributed by atoms with van der Waals surface area (Å²) < 4.78 is 3.18. The highest BCUT2D eigenvalue weighted by Crippen LogP contribution is 2.32. The lowest BCUT2D eigenvalue weighted by Gasteiger charge is -1.95. The van der Waals surface area contributed by atoms with Crippen molar-refractivity contribution in [2.75, 3.05) is 0 Å². The zero-order valence-corrected chi connectivity index (χ0v) is 15.4. The molecule has 0 atom stereocenters. The Kier molecular flexibility index (Phi) is 3.24. The number of hydrogen-bond acceptors (Lipinski definition) is 0. The lowest BCUT2D eigenvalue weighted by Crippen LogP contribution is -1.75. The van der Waals surface area contributed by atoms with Crippen LogP contribution in [-0.4, -0.2) is 9.97 Å². The molecule has 0 aliphatic carbocycles. The van der Waals surface area contributed by atoms with Crippen molar-refractivity contribution in [2.45, 2.75) is 0 Å². The molecule has 21 heavy (non-hydrogen) atoms. The van der Waals surface area contributed by atoms with E-state index in [1.165, 1.54) is 10.8 Å². The molecule has 104 valence electrons. The molecule has 2 nitrogen and oxygen atoms in total. The fourth-order valence-corrected chi connectivity index (χ4v) is 3.58. The van der Waals surface area contributed by atoms with Crippen LogP contribution in [0.4, 0.5) is 0 Å². The van der Waals surface area contributed by atoms with Crippen LogP contribution in [0, 0.1) is 0 Å². The SMILES string of the molecule is Brc1ccc2cc(-c3cc4cc(Br)c(Br)cc4[nH]3)[nH]c2c1. The first kappa shape index (κ1) is 13.6. The molecule has 0 saturated heterocycles. The summed E-state index contributed by atoms with van der Waals surface area (Å²) in [6.45, 7) is 0. The number of aromatic nitrogens is 2. The fourth-order valence-electron chi connectivity index (χ4n) is 2.52. The lowest BCUT2D eigenvalue weighted by atomic mass is 10.2. The predicted molar refractivity (Wildman–Crippen MR) is 98.7 cm³/mol. The Morgan fingerprint density at radius 2 is 1.24 bits per heavy atom. The van der Waals surface area contributed by atoms with Gasteiger partial charge in [-0.05, 0) is 68.3 Å². The number of benzene rings is 2. The molecule has 0 saturated carbocycles. The van der Waals surface area contributed by atoms with E-state index in [9.17, 15) is 0 Å². The molecular weight excluding hydrogens is 460 g/mol. The van der Waals surface area contributed by atoms with Gasteiger partial charge in [-0.2, -0.15) is 0 Å². The number of hydrogen-bond donors (Lipinski definition) is 2. The molecule has 2 heterocycles. The van der Waals surface area contributed by atoms with Gasteiger partial charge in [-0.3, -0.25) is 0 Å². The molecule has 5 heteroatoms. The number of nitrogens with one attached hydrogen (secondary N) is 2. The van der Waals surface area contributed by atoms with Gasteiger partial charge in [-0.15, -0.1) is 0 Å². The molecule has 0 amide bonds. The first-order chi connectivity index (χ1) is 10.1. The maximum absolute atomic E-state index is 3.54. The molecule has 4 rings (SSSR count). The van der Waals surface area contributed by atoms with Crippen LogP contribution in [-0.2, 0) is 0 Å². The minimum absolute atomic E-state index is 1.05. The van der Waals surface area contributed by atoms with Gasteiger partial charge in [0.05, 0.1) is 11.4 Å². The van der Waals surface area contributed by atoms with Crippen LogP contribution in [0.15, 0.2) is 55.9 Å². The lowest BCUT2D eigenvalue weighted by molar-refractivity contribution is 1.38. The molecule has 0 bridgehead atoms. The monoisotopic (exact) mass is 466 g/mol. The van der Waals surface area contributed by atoms with Crippen LogP contribution in [0.1, 0.15) is 0 Å². The largest absolute Gasteiger partial charge is 0.353 e. The summed E-state index contributed by atoms with van der Waals surface area (Å²) in [7, 11) is 0. The van der Waals surface area contributed by atoms with E-state index in [1.807, 2.05) is 0 Å². The summed E-state index contributed by atoms with van der Waals surface area (Å²) >= 11 is 10.6. The van der Waals surface area contributed by atoms with E-state index in [2.05, 4.69) is 100 Å². The van der Waals surface area contributed by atoms with Crippen LogP contribution in [0.25, 0.3) is 33.2 Å². The standard InChI is InChI=1S/C16H9Br3N2/c17-10-2-1-8-4-15(20-13(8)6-10)16-5-9-3-11(18)12(19)7-14(9)21-16/h1-7,20-21H. The van der Waals surface area contributed by atoms with E-state index < -0.39 is 0 Å². The molecule has 0 spiro atoms.